The summed E-state index contributed by atoms with van der Waals surface area (Å²) in [5.41, 5.74) is 0.190. The molecule has 0 saturated carbocycles. The number of rotatable bonds is 2. The van der Waals surface area contributed by atoms with Crippen molar-refractivity contribution in [2.75, 3.05) is 5.32 Å². The second kappa shape index (κ2) is 4.67. The van der Waals surface area contributed by atoms with Crippen LogP contribution in [0.5, 0.6) is 0 Å². The summed E-state index contributed by atoms with van der Waals surface area (Å²) in [6, 6.07) is 5.22. The highest BCUT2D eigenvalue weighted by Gasteiger charge is 2.08. The van der Waals surface area contributed by atoms with Crippen molar-refractivity contribution in [3.63, 3.8) is 0 Å². The molecule has 80 valence electrons. The lowest BCUT2D eigenvalue weighted by atomic mass is 10.4. The van der Waals surface area contributed by atoms with E-state index in [0.29, 0.717) is 5.82 Å². The molecule has 0 aliphatic rings. The van der Waals surface area contributed by atoms with E-state index in [4.69, 9.17) is 11.6 Å². The Labute approximate surface area is 96.5 Å². The van der Waals surface area contributed by atoms with Gasteiger partial charge in [0.25, 0.3) is 5.91 Å². The minimum Gasteiger partial charge on any atom is -0.305 e. The van der Waals surface area contributed by atoms with Gasteiger partial charge in [0, 0.05) is 6.20 Å². The molecule has 16 heavy (non-hydrogen) atoms. The molecule has 2 aromatic heterocycles. The van der Waals surface area contributed by atoms with Gasteiger partial charge in [0.2, 0.25) is 0 Å². The molecule has 0 aliphatic heterocycles. The number of anilines is 1. The Morgan fingerprint density at radius 1 is 1.19 bits per heavy atom. The first-order valence-electron chi connectivity index (χ1n) is 4.45. The molecule has 2 rings (SSSR count). The maximum atomic E-state index is 11.6. The molecule has 1 N–H and O–H groups in total. The first-order chi connectivity index (χ1) is 7.75. The normalized spacial score (nSPS) is 9.81. The minimum atomic E-state index is -0.372. The number of aromatic nitrogens is 3. The summed E-state index contributed by atoms with van der Waals surface area (Å²) in [5, 5.41) is 2.83. The van der Waals surface area contributed by atoms with Crippen molar-refractivity contribution in [3.8, 4) is 0 Å². The summed E-state index contributed by atoms with van der Waals surface area (Å²) in [5.74, 6) is 0.0899. The van der Waals surface area contributed by atoms with Crippen molar-refractivity contribution < 1.29 is 4.79 Å². The van der Waals surface area contributed by atoms with Gasteiger partial charge in [0.05, 0.1) is 12.4 Å². The van der Waals surface area contributed by atoms with Gasteiger partial charge in [-0.3, -0.25) is 4.79 Å². The third kappa shape index (κ3) is 2.52. The Morgan fingerprint density at radius 2 is 2.06 bits per heavy atom. The van der Waals surface area contributed by atoms with Crippen LogP contribution in [-0.4, -0.2) is 20.9 Å². The smallest absolute Gasteiger partial charge is 0.277 e. The van der Waals surface area contributed by atoms with E-state index in [-0.39, 0.29) is 16.8 Å². The molecule has 0 bridgehead atoms. The van der Waals surface area contributed by atoms with E-state index in [1.807, 2.05) is 0 Å². The fraction of sp³-hybridized carbons (Fsp3) is 0. The topological polar surface area (TPSA) is 67.8 Å². The molecule has 2 aromatic rings. The van der Waals surface area contributed by atoms with Crippen molar-refractivity contribution in [2.24, 2.45) is 0 Å². The Hall–Kier alpha value is -2.01. The van der Waals surface area contributed by atoms with Crippen LogP contribution in [0.15, 0.2) is 36.8 Å². The highest BCUT2D eigenvalue weighted by atomic mass is 35.5. The molecule has 0 radical (unpaired) electrons. The quantitative estimate of drug-likeness (QED) is 0.860. The average Bonchev–Trinajstić information content (AvgIpc) is 2.31. The van der Waals surface area contributed by atoms with Crippen molar-refractivity contribution in [1.82, 2.24) is 15.0 Å². The first kappa shape index (κ1) is 10.5. The van der Waals surface area contributed by atoms with Crippen LogP contribution >= 0.6 is 11.6 Å². The van der Waals surface area contributed by atoms with Crippen molar-refractivity contribution in [2.45, 2.75) is 0 Å². The van der Waals surface area contributed by atoms with Crippen LogP contribution in [-0.2, 0) is 0 Å². The fourth-order valence-electron chi connectivity index (χ4n) is 1.05. The lowest BCUT2D eigenvalue weighted by Gasteiger charge is -2.02. The average molecular weight is 235 g/mol. The maximum absolute atomic E-state index is 11.6. The maximum Gasteiger partial charge on any atom is 0.277 e. The van der Waals surface area contributed by atoms with Gasteiger partial charge in [-0.15, -0.1) is 0 Å². The summed E-state index contributed by atoms with van der Waals surface area (Å²) in [4.78, 5) is 23.2. The molecule has 2 heterocycles. The van der Waals surface area contributed by atoms with Gasteiger partial charge >= 0.3 is 0 Å². The largest absolute Gasteiger partial charge is 0.305 e. The number of carbonyl (C=O) groups excluding carboxylic acids is 1. The van der Waals surface area contributed by atoms with E-state index in [0.717, 1.165) is 0 Å². The van der Waals surface area contributed by atoms with Gasteiger partial charge < -0.3 is 5.32 Å². The van der Waals surface area contributed by atoms with E-state index in [9.17, 15) is 4.79 Å². The van der Waals surface area contributed by atoms with Gasteiger partial charge in [-0.25, -0.2) is 15.0 Å². The summed E-state index contributed by atoms with van der Waals surface area (Å²) < 4.78 is 0. The number of nitrogens with one attached hydrogen (secondary N) is 1. The summed E-state index contributed by atoms with van der Waals surface area (Å²) in [6.07, 6.45) is 4.21. The molecular formula is C10H7ClN4O. The lowest BCUT2D eigenvalue weighted by Crippen LogP contribution is -2.14. The highest BCUT2D eigenvalue weighted by Crippen LogP contribution is 2.05. The molecular weight excluding hydrogens is 228 g/mol. The Morgan fingerprint density at radius 3 is 2.69 bits per heavy atom. The Kier molecular flexibility index (Phi) is 3.07. The molecule has 0 atom stereocenters. The number of nitrogens with zero attached hydrogens (tertiary/aromatic N) is 3. The monoisotopic (exact) mass is 234 g/mol. The lowest BCUT2D eigenvalue weighted by molar-refractivity contribution is 0.102. The third-order valence-corrected chi connectivity index (χ3v) is 1.95. The predicted molar refractivity (Wildman–Crippen MR) is 59.2 cm³/mol. The van der Waals surface area contributed by atoms with E-state index in [1.165, 1.54) is 12.4 Å². The Bertz CT molecular complexity index is 486. The van der Waals surface area contributed by atoms with E-state index < -0.39 is 0 Å². The summed E-state index contributed by atoms with van der Waals surface area (Å²) in [7, 11) is 0. The molecule has 0 saturated heterocycles. The Balaban J connectivity index is 2.12. The molecule has 0 aliphatic carbocycles. The standard InChI is InChI=1S/C10H7ClN4O/c11-8-6-13-7(5-14-8)10(16)15-9-3-1-2-4-12-9/h1-6H,(H,12,15,16). The predicted octanol–water partition coefficient (Wildman–Crippen LogP) is 1.78. The number of halogens is 1. The third-order valence-electron chi connectivity index (χ3n) is 1.76. The first-order valence-corrected chi connectivity index (χ1v) is 4.83. The van der Waals surface area contributed by atoms with Gasteiger partial charge in [-0.05, 0) is 12.1 Å². The molecule has 6 heteroatoms. The van der Waals surface area contributed by atoms with E-state index >= 15 is 0 Å². The van der Waals surface area contributed by atoms with Crippen molar-refractivity contribution in [3.05, 3.63) is 47.6 Å². The van der Waals surface area contributed by atoms with E-state index in [2.05, 4.69) is 20.3 Å². The van der Waals surface area contributed by atoms with E-state index in [1.54, 1.807) is 24.4 Å². The van der Waals surface area contributed by atoms with Crippen LogP contribution in [0.25, 0.3) is 0 Å². The summed E-state index contributed by atoms with van der Waals surface area (Å²) >= 11 is 5.56. The second-order valence-electron chi connectivity index (χ2n) is 2.89. The molecule has 0 unspecified atom stereocenters. The van der Waals surface area contributed by atoms with Crippen LogP contribution in [0, 0.1) is 0 Å². The summed E-state index contributed by atoms with van der Waals surface area (Å²) in [6.45, 7) is 0. The second-order valence-corrected chi connectivity index (χ2v) is 3.28. The zero-order chi connectivity index (χ0) is 11.4. The SMILES string of the molecule is O=C(Nc1ccccn1)c1cnc(Cl)cn1. The molecule has 0 fully saturated rings. The number of carbonyl (C=O) groups is 1. The minimum absolute atomic E-state index is 0.190. The van der Waals surface area contributed by atoms with Gasteiger partial charge in [-0.1, -0.05) is 17.7 Å². The van der Waals surface area contributed by atoms with Crippen LogP contribution in [0.2, 0.25) is 5.15 Å². The van der Waals surface area contributed by atoms with Crippen LogP contribution in [0.3, 0.4) is 0 Å². The highest BCUT2D eigenvalue weighted by molar-refractivity contribution is 6.29. The zero-order valence-corrected chi connectivity index (χ0v) is 8.85. The number of pyridine rings is 1. The molecule has 0 aromatic carbocycles. The van der Waals surface area contributed by atoms with Gasteiger partial charge in [0.1, 0.15) is 16.7 Å². The van der Waals surface area contributed by atoms with Gasteiger partial charge in [0.15, 0.2) is 0 Å². The fourth-order valence-corrected chi connectivity index (χ4v) is 1.14. The molecule has 0 spiro atoms. The van der Waals surface area contributed by atoms with Crippen LogP contribution < -0.4 is 5.32 Å². The van der Waals surface area contributed by atoms with Crippen LogP contribution in [0.1, 0.15) is 10.5 Å². The zero-order valence-electron chi connectivity index (χ0n) is 8.09. The van der Waals surface area contributed by atoms with Crippen molar-refractivity contribution >= 4 is 23.3 Å². The molecule has 5 nitrogen and oxygen atoms in total. The molecule has 1 amide bonds. The number of hydrogen-bond acceptors (Lipinski definition) is 4. The van der Waals surface area contributed by atoms with Gasteiger partial charge in [-0.2, -0.15) is 0 Å². The number of hydrogen-bond donors (Lipinski definition) is 1. The number of amides is 1. The van der Waals surface area contributed by atoms with Crippen molar-refractivity contribution in [1.29, 1.82) is 0 Å². The van der Waals surface area contributed by atoms with Crippen LogP contribution in [0.4, 0.5) is 5.82 Å².